The molecule has 1 aliphatic rings. The lowest BCUT2D eigenvalue weighted by Crippen LogP contribution is -2.25. The molecule has 0 bridgehead atoms. The van der Waals surface area contributed by atoms with E-state index < -0.39 is 0 Å². The first-order valence-electron chi connectivity index (χ1n) is 6.18. The molecule has 3 nitrogen and oxygen atoms in total. The molecule has 2 aromatic heterocycles. The Bertz CT molecular complexity index is 514. The molecule has 1 N–H and O–H groups in total. The van der Waals surface area contributed by atoms with Crippen LogP contribution < -0.4 is 5.32 Å². The van der Waals surface area contributed by atoms with Gasteiger partial charge in [-0.05, 0) is 25.0 Å². The lowest BCUT2D eigenvalue weighted by atomic mass is 10.2. The van der Waals surface area contributed by atoms with Crippen LogP contribution in [0.25, 0.3) is 5.65 Å². The van der Waals surface area contributed by atoms with Crippen LogP contribution in [-0.4, -0.2) is 15.4 Å². The third kappa shape index (κ3) is 2.31. The number of aromatic nitrogens is 2. The Labute approximate surface area is 106 Å². The number of hydrogen-bond acceptors (Lipinski definition) is 2. The Morgan fingerprint density at radius 2 is 2.24 bits per heavy atom. The fraction of sp³-hybridized carbons (Fsp3) is 0.462. The summed E-state index contributed by atoms with van der Waals surface area (Å²) in [5, 5.41) is 4.33. The van der Waals surface area contributed by atoms with E-state index in [2.05, 4.69) is 14.7 Å². The van der Waals surface area contributed by atoms with Crippen LogP contribution >= 0.6 is 11.6 Å². The minimum Gasteiger partial charge on any atom is -0.308 e. The molecule has 0 unspecified atom stereocenters. The number of imidazole rings is 1. The summed E-state index contributed by atoms with van der Waals surface area (Å²) in [6.07, 6.45) is 9.25. The maximum Gasteiger partial charge on any atom is 0.138 e. The first-order chi connectivity index (χ1) is 8.33. The van der Waals surface area contributed by atoms with Gasteiger partial charge < -0.3 is 9.72 Å². The molecule has 90 valence electrons. The lowest BCUT2D eigenvalue weighted by molar-refractivity contribution is 0.518. The van der Waals surface area contributed by atoms with Crippen molar-refractivity contribution in [1.82, 2.24) is 14.7 Å². The maximum absolute atomic E-state index is 5.94. The quantitative estimate of drug-likeness (QED) is 0.906. The van der Waals surface area contributed by atoms with Crippen molar-refractivity contribution in [1.29, 1.82) is 0 Å². The summed E-state index contributed by atoms with van der Waals surface area (Å²) in [4.78, 5) is 4.36. The molecule has 0 aromatic carbocycles. The van der Waals surface area contributed by atoms with E-state index in [1.807, 2.05) is 24.5 Å². The fourth-order valence-electron chi connectivity index (χ4n) is 2.52. The van der Waals surface area contributed by atoms with E-state index in [9.17, 15) is 0 Å². The van der Waals surface area contributed by atoms with Crippen molar-refractivity contribution in [3.8, 4) is 0 Å². The number of nitrogens with one attached hydrogen (secondary N) is 1. The molecule has 0 saturated heterocycles. The summed E-state index contributed by atoms with van der Waals surface area (Å²) in [7, 11) is 0. The fourth-order valence-corrected chi connectivity index (χ4v) is 2.67. The zero-order valence-electron chi connectivity index (χ0n) is 9.69. The third-order valence-electron chi connectivity index (χ3n) is 3.48. The van der Waals surface area contributed by atoms with E-state index in [0.717, 1.165) is 17.2 Å². The van der Waals surface area contributed by atoms with E-state index >= 15 is 0 Å². The van der Waals surface area contributed by atoms with Crippen LogP contribution in [0.3, 0.4) is 0 Å². The molecule has 4 heteroatoms. The number of pyridine rings is 1. The van der Waals surface area contributed by atoms with Crippen molar-refractivity contribution in [3.05, 3.63) is 35.2 Å². The van der Waals surface area contributed by atoms with Gasteiger partial charge >= 0.3 is 0 Å². The van der Waals surface area contributed by atoms with Crippen molar-refractivity contribution >= 4 is 17.2 Å². The molecule has 1 fully saturated rings. The van der Waals surface area contributed by atoms with Gasteiger partial charge in [-0.3, -0.25) is 0 Å². The average molecular weight is 250 g/mol. The highest BCUT2D eigenvalue weighted by molar-refractivity contribution is 6.30. The van der Waals surface area contributed by atoms with E-state index in [4.69, 9.17) is 11.6 Å². The largest absolute Gasteiger partial charge is 0.308 e. The number of hydrogen-bond donors (Lipinski definition) is 1. The first kappa shape index (κ1) is 11.1. The standard InChI is InChI=1S/C13H16ClN3/c14-10-5-6-17-12(9-16-13(17)7-10)8-15-11-3-1-2-4-11/h5-7,9,11,15H,1-4,8H2. The summed E-state index contributed by atoms with van der Waals surface area (Å²) in [5.41, 5.74) is 2.12. The minimum absolute atomic E-state index is 0.688. The second-order valence-corrected chi connectivity index (χ2v) is 5.12. The number of halogens is 1. The molecule has 2 aromatic rings. The van der Waals surface area contributed by atoms with Crippen molar-refractivity contribution in [2.75, 3.05) is 0 Å². The van der Waals surface area contributed by atoms with Crippen molar-refractivity contribution in [3.63, 3.8) is 0 Å². The topological polar surface area (TPSA) is 29.3 Å². The highest BCUT2D eigenvalue weighted by atomic mass is 35.5. The summed E-state index contributed by atoms with van der Waals surface area (Å²) < 4.78 is 2.09. The number of fused-ring (bicyclic) bond motifs is 1. The monoisotopic (exact) mass is 249 g/mol. The SMILES string of the molecule is Clc1ccn2c(CNC3CCCC3)cnc2c1. The lowest BCUT2D eigenvalue weighted by Gasteiger charge is -2.11. The van der Waals surface area contributed by atoms with Crippen molar-refractivity contribution in [2.45, 2.75) is 38.3 Å². The van der Waals surface area contributed by atoms with Gasteiger partial charge in [0.15, 0.2) is 0 Å². The number of rotatable bonds is 3. The maximum atomic E-state index is 5.94. The Kier molecular flexibility index (Phi) is 3.04. The second-order valence-electron chi connectivity index (χ2n) is 4.68. The molecular formula is C13H16ClN3. The Hall–Kier alpha value is -1.06. The molecule has 1 aliphatic carbocycles. The summed E-state index contributed by atoms with van der Waals surface area (Å²) in [6.45, 7) is 0.882. The van der Waals surface area contributed by atoms with Gasteiger partial charge in [0.25, 0.3) is 0 Å². The van der Waals surface area contributed by atoms with Crippen LogP contribution in [0.15, 0.2) is 24.5 Å². The Morgan fingerprint density at radius 1 is 1.41 bits per heavy atom. The van der Waals surface area contributed by atoms with Gasteiger partial charge in [0.05, 0.1) is 11.9 Å². The summed E-state index contributed by atoms with van der Waals surface area (Å²) >= 11 is 5.94. The van der Waals surface area contributed by atoms with E-state index in [1.165, 1.54) is 31.4 Å². The van der Waals surface area contributed by atoms with E-state index in [1.54, 1.807) is 0 Å². The molecule has 0 atom stereocenters. The van der Waals surface area contributed by atoms with Crippen LogP contribution in [0.5, 0.6) is 0 Å². The van der Waals surface area contributed by atoms with Gasteiger partial charge in [-0.1, -0.05) is 24.4 Å². The molecule has 3 rings (SSSR count). The molecule has 2 heterocycles. The molecule has 1 saturated carbocycles. The Balaban J connectivity index is 1.76. The van der Waals surface area contributed by atoms with Crippen LogP contribution in [-0.2, 0) is 6.54 Å². The third-order valence-corrected chi connectivity index (χ3v) is 3.71. The number of nitrogens with zero attached hydrogens (tertiary/aromatic N) is 2. The van der Waals surface area contributed by atoms with Crippen LogP contribution in [0.1, 0.15) is 31.4 Å². The predicted molar refractivity (Wildman–Crippen MR) is 69.3 cm³/mol. The highest BCUT2D eigenvalue weighted by Gasteiger charge is 2.14. The predicted octanol–water partition coefficient (Wildman–Crippen LogP) is 3.02. The minimum atomic E-state index is 0.688. The van der Waals surface area contributed by atoms with Crippen LogP contribution in [0.2, 0.25) is 5.02 Å². The molecule has 17 heavy (non-hydrogen) atoms. The van der Waals surface area contributed by atoms with Crippen molar-refractivity contribution in [2.24, 2.45) is 0 Å². The first-order valence-corrected chi connectivity index (χ1v) is 6.55. The Morgan fingerprint density at radius 3 is 3.06 bits per heavy atom. The molecular weight excluding hydrogens is 234 g/mol. The smallest absolute Gasteiger partial charge is 0.138 e. The zero-order chi connectivity index (χ0) is 11.7. The molecule has 0 spiro atoms. The van der Waals surface area contributed by atoms with Gasteiger partial charge in [-0.25, -0.2) is 4.98 Å². The van der Waals surface area contributed by atoms with Gasteiger partial charge in [0.1, 0.15) is 5.65 Å². The molecule has 0 radical (unpaired) electrons. The zero-order valence-corrected chi connectivity index (χ0v) is 10.5. The van der Waals surface area contributed by atoms with Gasteiger partial charge in [-0.15, -0.1) is 0 Å². The van der Waals surface area contributed by atoms with Crippen molar-refractivity contribution < 1.29 is 0 Å². The summed E-state index contributed by atoms with van der Waals surface area (Å²) in [5.74, 6) is 0. The van der Waals surface area contributed by atoms with Gasteiger partial charge in [-0.2, -0.15) is 0 Å². The highest BCUT2D eigenvalue weighted by Crippen LogP contribution is 2.18. The second kappa shape index (κ2) is 4.67. The average Bonchev–Trinajstić information content (AvgIpc) is 2.94. The van der Waals surface area contributed by atoms with Gasteiger partial charge in [0, 0.05) is 23.8 Å². The van der Waals surface area contributed by atoms with Gasteiger partial charge in [0.2, 0.25) is 0 Å². The van der Waals surface area contributed by atoms with E-state index in [-0.39, 0.29) is 0 Å². The van der Waals surface area contributed by atoms with E-state index in [0.29, 0.717) is 6.04 Å². The van der Waals surface area contributed by atoms with Crippen LogP contribution in [0, 0.1) is 0 Å². The van der Waals surface area contributed by atoms with Crippen LogP contribution in [0.4, 0.5) is 0 Å². The summed E-state index contributed by atoms with van der Waals surface area (Å²) in [6, 6.07) is 4.48. The molecule has 0 amide bonds. The normalized spacial score (nSPS) is 17.0. The molecule has 0 aliphatic heterocycles.